The zero-order valence-corrected chi connectivity index (χ0v) is 12.5. The zero-order valence-electron chi connectivity index (χ0n) is 12.5. The maximum Gasteiger partial charge on any atom is 0.225 e. The summed E-state index contributed by atoms with van der Waals surface area (Å²) in [7, 11) is 0. The summed E-state index contributed by atoms with van der Waals surface area (Å²) in [5, 5.41) is 3.25. The number of hydrogen-bond donors (Lipinski definition) is 1. The van der Waals surface area contributed by atoms with Crippen LogP contribution in [0.4, 0.5) is 8.78 Å². The lowest BCUT2D eigenvalue weighted by Crippen LogP contribution is -2.46. The lowest BCUT2D eigenvalue weighted by Gasteiger charge is -2.33. The first kappa shape index (κ1) is 15.9. The fourth-order valence-corrected chi connectivity index (χ4v) is 2.60. The van der Waals surface area contributed by atoms with Crippen LogP contribution in [0.5, 0.6) is 0 Å². The smallest absolute Gasteiger partial charge is 0.225 e. The molecule has 21 heavy (non-hydrogen) atoms. The molecule has 1 heterocycles. The molecule has 1 aromatic rings. The molecule has 0 saturated carbocycles. The Morgan fingerprint density at radius 1 is 1.33 bits per heavy atom. The summed E-state index contributed by atoms with van der Waals surface area (Å²) in [6.07, 6.45) is 1.69. The van der Waals surface area contributed by atoms with Gasteiger partial charge in [0.05, 0.1) is 0 Å². The lowest BCUT2D eigenvalue weighted by molar-refractivity contribution is -0.135. The van der Waals surface area contributed by atoms with Gasteiger partial charge in [-0.15, -0.1) is 0 Å². The number of carbonyl (C=O) groups is 1. The molecule has 1 aromatic carbocycles. The van der Waals surface area contributed by atoms with Crippen LogP contribution < -0.4 is 5.32 Å². The number of hydrogen-bond acceptors (Lipinski definition) is 2. The van der Waals surface area contributed by atoms with E-state index in [-0.39, 0.29) is 17.9 Å². The monoisotopic (exact) mass is 296 g/mol. The normalized spacial score (nSPS) is 16.5. The maximum atomic E-state index is 13.5. The predicted molar refractivity (Wildman–Crippen MR) is 77.6 cm³/mol. The van der Waals surface area contributed by atoms with Crippen LogP contribution in [0.25, 0.3) is 0 Å². The van der Waals surface area contributed by atoms with Crippen molar-refractivity contribution in [3.05, 3.63) is 35.4 Å². The van der Waals surface area contributed by atoms with Crippen LogP contribution in [-0.2, 0) is 11.3 Å². The maximum absolute atomic E-state index is 13.5. The van der Waals surface area contributed by atoms with E-state index < -0.39 is 11.6 Å². The van der Waals surface area contributed by atoms with Crippen LogP contribution in [0.1, 0.15) is 32.3 Å². The molecule has 1 aliphatic rings. The molecular weight excluding hydrogens is 274 g/mol. The summed E-state index contributed by atoms with van der Waals surface area (Å²) in [6, 6.07) is 3.73. The van der Waals surface area contributed by atoms with Gasteiger partial charge in [-0.3, -0.25) is 4.79 Å². The molecular formula is C16H22F2N2O. The van der Waals surface area contributed by atoms with Crippen LogP contribution in [0.15, 0.2) is 18.2 Å². The Morgan fingerprint density at radius 2 is 2.00 bits per heavy atom. The Hall–Kier alpha value is -1.49. The molecule has 3 nitrogen and oxygen atoms in total. The van der Waals surface area contributed by atoms with Crippen molar-refractivity contribution in [2.24, 2.45) is 5.92 Å². The van der Waals surface area contributed by atoms with E-state index in [1.54, 1.807) is 0 Å². The number of halogens is 2. The summed E-state index contributed by atoms with van der Waals surface area (Å²) in [4.78, 5) is 13.8. The van der Waals surface area contributed by atoms with Gasteiger partial charge < -0.3 is 10.2 Å². The number of likely N-dealkylation sites (tertiary alicyclic amines) is 1. The molecule has 1 aliphatic heterocycles. The Morgan fingerprint density at radius 3 is 2.62 bits per heavy atom. The van der Waals surface area contributed by atoms with Crippen molar-refractivity contribution in [1.29, 1.82) is 0 Å². The number of piperidine rings is 1. The highest BCUT2D eigenvalue weighted by atomic mass is 19.1. The van der Waals surface area contributed by atoms with E-state index >= 15 is 0 Å². The molecule has 0 atom stereocenters. The first-order valence-corrected chi connectivity index (χ1v) is 7.43. The largest absolute Gasteiger partial charge is 0.342 e. The predicted octanol–water partition coefficient (Wildman–Crippen LogP) is 2.70. The Kier molecular flexibility index (Phi) is 5.28. The van der Waals surface area contributed by atoms with E-state index in [4.69, 9.17) is 0 Å². The van der Waals surface area contributed by atoms with Crippen LogP contribution in [-0.4, -0.2) is 29.9 Å². The fraction of sp³-hybridized carbons (Fsp3) is 0.562. The number of nitrogens with one attached hydrogen (secondary N) is 1. The highest BCUT2D eigenvalue weighted by Gasteiger charge is 2.24. The molecule has 0 aliphatic carbocycles. The third-order valence-corrected chi connectivity index (χ3v) is 3.89. The molecule has 1 saturated heterocycles. The summed E-state index contributed by atoms with van der Waals surface area (Å²) >= 11 is 0. The van der Waals surface area contributed by atoms with Gasteiger partial charge in [0.1, 0.15) is 11.6 Å². The van der Waals surface area contributed by atoms with Crippen LogP contribution in [0.3, 0.4) is 0 Å². The lowest BCUT2D eigenvalue weighted by atomic mass is 10.0. The second kappa shape index (κ2) is 6.98. The van der Waals surface area contributed by atoms with E-state index in [1.165, 1.54) is 6.07 Å². The van der Waals surface area contributed by atoms with Gasteiger partial charge in [-0.25, -0.2) is 8.78 Å². The SMILES string of the molecule is CC(C)C(=O)N1CCC(NCc2cc(F)ccc2F)CC1. The van der Waals surface area contributed by atoms with Crippen LogP contribution >= 0.6 is 0 Å². The van der Waals surface area contributed by atoms with E-state index in [0.717, 1.165) is 38.1 Å². The van der Waals surface area contributed by atoms with E-state index in [1.807, 2.05) is 18.7 Å². The van der Waals surface area contributed by atoms with E-state index in [2.05, 4.69) is 5.32 Å². The summed E-state index contributed by atoms with van der Waals surface area (Å²) in [5.41, 5.74) is 0.343. The number of amides is 1. The van der Waals surface area contributed by atoms with Crippen molar-refractivity contribution in [3.8, 4) is 0 Å². The Labute approximate surface area is 124 Å². The van der Waals surface area contributed by atoms with Crippen LogP contribution in [0, 0.1) is 17.6 Å². The molecule has 0 bridgehead atoms. The van der Waals surface area contributed by atoms with Crippen molar-refractivity contribution >= 4 is 5.91 Å². The van der Waals surface area contributed by atoms with Gasteiger partial charge in [0.15, 0.2) is 0 Å². The van der Waals surface area contributed by atoms with Crippen molar-refractivity contribution in [2.45, 2.75) is 39.3 Å². The van der Waals surface area contributed by atoms with Gasteiger partial charge in [-0.1, -0.05) is 13.8 Å². The molecule has 0 aromatic heterocycles. The fourth-order valence-electron chi connectivity index (χ4n) is 2.60. The average molecular weight is 296 g/mol. The molecule has 2 rings (SSSR count). The summed E-state index contributed by atoms with van der Waals surface area (Å²) < 4.78 is 26.6. The van der Waals surface area contributed by atoms with E-state index in [9.17, 15) is 13.6 Å². The van der Waals surface area contributed by atoms with Crippen LogP contribution in [0.2, 0.25) is 0 Å². The van der Waals surface area contributed by atoms with Gasteiger partial charge in [0, 0.05) is 37.2 Å². The van der Waals surface area contributed by atoms with Crippen molar-refractivity contribution in [2.75, 3.05) is 13.1 Å². The number of benzene rings is 1. The van der Waals surface area contributed by atoms with Crippen molar-refractivity contribution < 1.29 is 13.6 Å². The zero-order chi connectivity index (χ0) is 15.4. The topological polar surface area (TPSA) is 32.3 Å². The minimum atomic E-state index is -0.425. The Bertz CT molecular complexity index is 497. The van der Waals surface area contributed by atoms with Gasteiger partial charge >= 0.3 is 0 Å². The van der Waals surface area contributed by atoms with Gasteiger partial charge in [-0.05, 0) is 31.0 Å². The highest BCUT2D eigenvalue weighted by Crippen LogP contribution is 2.15. The second-order valence-corrected chi connectivity index (χ2v) is 5.87. The number of nitrogens with zero attached hydrogens (tertiary/aromatic N) is 1. The number of rotatable bonds is 4. The summed E-state index contributed by atoms with van der Waals surface area (Å²) in [6.45, 7) is 5.56. The minimum absolute atomic E-state index is 0.0240. The molecule has 1 fully saturated rings. The van der Waals surface area contributed by atoms with Crippen molar-refractivity contribution in [1.82, 2.24) is 10.2 Å². The molecule has 116 valence electrons. The number of carbonyl (C=O) groups excluding carboxylic acids is 1. The average Bonchev–Trinajstić information content (AvgIpc) is 2.48. The first-order chi connectivity index (χ1) is 9.97. The first-order valence-electron chi connectivity index (χ1n) is 7.43. The molecule has 5 heteroatoms. The standard InChI is InChI=1S/C16H22F2N2O/c1-11(2)16(21)20-7-5-14(6-8-20)19-10-12-9-13(17)3-4-15(12)18/h3-4,9,11,14,19H,5-8,10H2,1-2H3. The van der Waals surface area contributed by atoms with E-state index in [0.29, 0.717) is 12.1 Å². The molecule has 0 radical (unpaired) electrons. The second-order valence-electron chi connectivity index (χ2n) is 5.87. The van der Waals surface area contributed by atoms with Gasteiger partial charge in [0.2, 0.25) is 5.91 Å². The molecule has 0 unspecified atom stereocenters. The molecule has 1 amide bonds. The molecule has 0 spiro atoms. The minimum Gasteiger partial charge on any atom is -0.342 e. The molecule has 1 N–H and O–H groups in total. The third kappa shape index (κ3) is 4.24. The van der Waals surface area contributed by atoms with Gasteiger partial charge in [0.25, 0.3) is 0 Å². The van der Waals surface area contributed by atoms with Crippen molar-refractivity contribution in [3.63, 3.8) is 0 Å². The quantitative estimate of drug-likeness (QED) is 0.926. The Balaban J connectivity index is 1.81. The summed E-state index contributed by atoms with van der Waals surface area (Å²) in [5.74, 6) is -0.609. The van der Waals surface area contributed by atoms with Gasteiger partial charge in [-0.2, -0.15) is 0 Å². The third-order valence-electron chi connectivity index (χ3n) is 3.89. The highest BCUT2D eigenvalue weighted by molar-refractivity contribution is 5.78.